The third-order valence-corrected chi connectivity index (χ3v) is 4.59. The van der Waals surface area contributed by atoms with Crippen LogP contribution in [0.1, 0.15) is 36.3 Å². The van der Waals surface area contributed by atoms with Crippen molar-refractivity contribution in [1.29, 1.82) is 0 Å². The Hall–Kier alpha value is -1.10. The van der Waals surface area contributed by atoms with Crippen LogP contribution in [-0.4, -0.2) is 53.7 Å². The summed E-state index contributed by atoms with van der Waals surface area (Å²) < 4.78 is 5.35. The lowest BCUT2D eigenvalue weighted by Crippen LogP contribution is -2.63. The van der Waals surface area contributed by atoms with Crippen LogP contribution in [0.3, 0.4) is 0 Å². The number of nitrogens with zero attached hydrogens (tertiary/aromatic N) is 3. The number of likely N-dealkylation sites (tertiary alicyclic amines) is 1. The molecule has 0 radical (unpaired) electrons. The first-order chi connectivity index (χ1) is 11.2. The summed E-state index contributed by atoms with van der Waals surface area (Å²) in [6.07, 6.45) is -0.265. The first-order valence-electron chi connectivity index (χ1n) is 8.06. The second kappa shape index (κ2) is 9.02. The summed E-state index contributed by atoms with van der Waals surface area (Å²) in [5, 5.41) is 7.69. The van der Waals surface area contributed by atoms with Gasteiger partial charge in [-0.15, -0.1) is 35.3 Å². The van der Waals surface area contributed by atoms with Gasteiger partial charge in [0, 0.05) is 25.0 Å². The molecule has 2 heterocycles. The van der Waals surface area contributed by atoms with Crippen LogP contribution in [-0.2, 0) is 11.3 Å². The molecule has 1 saturated heterocycles. The van der Waals surface area contributed by atoms with Crippen molar-refractivity contribution in [1.82, 2.24) is 20.5 Å². The minimum atomic E-state index is -0.460. The maximum Gasteiger partial charge on any atom is 0.410 e. The molecule has 0 spiro atoms. The number of carbonyl (C=O) groups is 1. The van der Waals surface area contributed by atoms with E-state index in [4.69, 9.17) is 4.74 Å². The van der Waals surface area contributed by atoms with Gasteiger partial charge in [-0.25, -0.2) is 9.78 Å². The van der Waals surface area contributed by atoms with Gasteiger partial charge in [-0.05, 0) is 34.6 Å². The predicted molar refractivity (Wildman–Crippen MR) is 112 cm³/mol. The van der Waals surface area contributed by atoms with E-state index in [9.17, 15) is 4.79 Å². The number of aliphatic imine (C=N–C) groups is 1. The Kier molecular flexibility index (Phi) is 7.91. The van der Waals surface area contributed by atoms with E-state index in [1.54, 1.807) is 23.3 Å². The quantitative estimate of drug-likeness (QED) is 0.395. The molecule has 0 atom stereocenters. The van der Waals surface area contributed by atoms with Crippen molar-refractivity contribution < 1.29 is 9.53 Å². The summed E-state index contributed by atoms with van der Waals surface area (Å²) in [4.78, 5) is 23.5. The lowest BCUT2D eigenvalue weighted by Gasteiger charge is -2.40. The second-order valence-electron chi connectivity index (χ2n) is 6.89. The molecule has 1 amide bonds. The summed E-state index contributed by atoms with van der Waals surface area (Å²) in [5.74, 6) is 0.731. The molecule has 0 unspecified atom stereocenters. The number of ether oxygens (including phenoxy) is 1. The number of halogens is 1. The van der Waals surface area contributed by atoms with E-state index >= 15 is 0 Å². The van der Waals surface area contributed by atoms with E-state index in [-0.39, 0.29) is 36.1 Å². The van der Waals surface area contributed by atoms with Gasteiger partial charge in [0.15, 0.2) is 5.96 Å². The number of carbonyl (C=O) groups excluding carboxylic acids is 1. The highest BCUT2D eigenvalue weighted by molar-refractivity contribution is 14.0. The lowest BCUT2D eigenvalue weighted by atomic mass is 10.1. The summed E-state index contributed by atoms with van der Waals surface area (Å²) in [7, 11) is 1.74. The fraction of sp³-hybridized carbons (Fsp3) is 0.688. The number of guanidine groups is 1. The fourth-order valence-electron chi connectivity index (χ4n) is 2.33. The van der Waals surface area contributed by atoms with Crippen molar-refractivity contribution in [2.75, 3.05) is 20.1 Å². The van der Waals surface area contributed by atoms with Gasteiger partial charge in [0.1, 0.15) is 5.60 Å². The minimum absolute atomic E-state index is 0. The van der Waals surface area contributed by atoms with Crippen molar-refractivity contribution in [3.8, 4) is 0 Å². The van der Waals surface area contributed by atoms with E-state index in [0.717, 1.165) is 16.7 Å². The maximum absolute atomic E-state index is 11.9. The number of nitrogens with one attached hydrogen (secondary N) is 2. The summed E-state index contributed by atoms with van der Waals surface area (Å²) in [6, 6.07) is 0.188. The minimum Gasteiger partial charge on any atom is -0.444 e. The van der Waals surface area contributed by atoms with Crippen molar-refractivity contribution in [2.24, 2.45) is 4.99 Å². The summed E-state index contributed by atoms with van der Waals surface area (Å²) in [5.41, 5.74) is 0.595. The Labute approximate surface area is 170 Å². The molecule has 1 fully saturated rings. The zero-order valence-electron chi connectivity index (χ0n) is 15.7. The SMILES string of the molecule is CN=C(NCc1sc(C)nc1C)NC1CN(C(=O)OC(C)(C)C)C1.I. The van der Waals surface area contributed by atoms with E-state index < -0.39 is 5.60 Å². The Morgan fingerprint density at radius 1 is 1.40 bits per heavy atom. The van der Waals surface area contributed by atoms with Crippen LogP contribution in [0.5, 0.6) is 0 Å². The summed E-state index contributed by atoms with van der Waals surface area (Å²) >= 11 is 1.69. The predicted octanol–water partition coefficient (Wildman–Crippen LogP) is 2.66. The number of hydrogen-bond acceptors (Lipinski definition) is 5. The van der Waals surface area contributed by atoms with Gasteiger partial charge < -0.3 is 20.3 Å². The van der Waals surface area contributed by atoms with Crippen LogP contribution >= 0.6 is 35.3 Å². The van der Waals surface area contributed by atoms with Crippen molar-refractivity contribution >= 4 is 47.4 Å². The third kappa shape index (κ3) is 6.61. The van der Waals surface area contributed by atoms with E-state index in [2.05, 4.69) is 20.6 Å². The van der Waals surface area contributed by atoms with Crippen LogP contribution in [0.15, 0.2) is 4.99 Å². The van der Waals surface area contributed by atoms with Gasteiger partial charge in [-0.2, -0.15) is 0 Å². The molecule has 1 aromatic heterocycles. The van der Waals surface area contributed by atoms with E-state index in [0.29, 0.717) is 19.6 Å². The Balaban J connectivity index is 0.00000312. The van der Waals surface area contributed by atoms with Gasteiger partial charge in [-0.3, -0.25) is 4.99 Å². The van der Waals surface area contributed by atoms with Gasteiger partial charge in [-0.1, -0.05) is 0 Å². The smallest absolute Gasteiger partial charge is 0.410 e. The van der Waals surface area contributed by atoms with Gasteiger partial charge in [0.25, 0.3) is 0 Å². The zero-order valence-corrected chi connectivity index (χ0v) is 18.8. The molecule has 1 aliphatic heterocycles. The largest absolute Gasteiger partial charge is 0.444 e. The molecular formula is C16H28IN5O2S. The van der Waals surface area contributed by atoms with Gasteiger partial charge in [0.05, 0.1) is 23.3 Å². The molecule has 0 saturated carbocycles. The number of thiazole rings is 1. The summed E-state index contributed by atoms with van der Waals surface area (Å²) in [6.45, 7) is 11.6. The molecular weight excluding hydrogens is 453 g/mol. The molecule has 2 rings (SSSR count). The first-order valence-corrected chi connectivity index (χ1v) is 8.87. The second-order valence-corrected chi connectivity index (χ2v) is 8.18. The number of amides is 1. The first kappa shape index (κ1) is 21.9. The topological polar surface area (TPSA) is 78.9 Å². The molecule has 7 nitrogen and oxygen atoms in total. The van der Waals surface area contributed by atoms with Crippen LogP contribution in [0.2, 0.25) is 0 Å². The standard InChI is InChI=1S/C16H27N5O2S.HI/c1-10-13(24-11(2)19-10)7-18-14(17-6)20-12-8-21(9-12)15(22)23-16(3,4)5;/h12H,7-9H2,1-6H3,(H2,17,18,20);1H. The van der Waals surface area contributed by atoms with Crippen LogP contribution in [0.25, 0.3) is 0 Å². The van der Waals surface area contributed by atoms with E-state index in [1.807, 2.05) is 34.6 Å². The molecule has 0 aromatic carbocycles. The van der Waals surface area contributed by atoms with Crippen molar-refractivity contribution in [2.45, 2.75) is 52.8 Å². The molecule has 25 heavy (non-hydrogen) atoms. The number of aromatic nitrogens is 1. The number of hydrogen-bond donors (Lipinski definition) is 2. The average molecular weight is 481 g/mol. The Morgan fingerprint density at radius 2 is 2.04 bits per heavy atom. The van der Waals surface area contributed by atoms with E-state index in [1.165, 1.54) is 4.88 Å². The normalized spacial score (nSPS) is 15.3. The highest BCUT2D eigenvalue weighted by Crippen LogP contribution is 2.17. The Bertz CT molecular complexity index is 621. The van der Waals surface area contributed by atoms with Crippen LogP contribution < -0.4 is 10.6 Å². The molecule has 2 N–H and O–H groups in total. The molecule has 0 aliphatic carbocycles. The molecule has 1 aromatic rings. The van der Waals surface area contributed by atoms with Gasteiger partial charge >= 0.3 is 6.09 Å². The molecule has 142 valence electrons. The zero-order chi connectivity index (χ0) is 17.9. The molecule has 1 aliphatic rings. The maximum atomic E-state index is 11.9. The van der Waals surface area contributed by atoms with Crippen LogP contribution in [0, 0.1) is 13.8 Å². The number of rotatable bonds is 3. The third-order valence-electron chi connectivity index (χ3n) is 3.51. The number of aryl methyl sites for hydroxylation is 2. The lowest BCUT2D eigenvalue weighted by molar-refractivity contribution is 0.00701. The van der Waals surface area contributed by atoms with Crippen molar-refractivity contribution in [3.63, 3.8) is 0 Å². The average Bonchev–Trinajstić information content (AvgIpc) is 2.72. The van der Waals surface area contributed by atoms with Crippen molar-refractivity contribution in [3.05, 3.63) is 15.6 Å². The van der Waals surface area contributed by atoms with Gasteiger partial charge in [0.2, 0.25) is 0 Å². The highest BCUT2D eigenvalue weighted by Gasteiger charge is 2.34. The highest BCUT2D eigenvalue weighted by atomic mass is 127. The Morgan fingerprint density at radius 3 is 2.52 bits per heavy atom. The monoisotopic (exact) mass is 481 g/mol. The molecule has 0 bridgehead atoms. The fourth-order valence-corrected chi connectivity index (χ4v) is 3.21. The van der Waals surface area contributed by atoms with Crippen LogP contribution in [0.4, 0.5) is 4.79 Å². The molecule has 9 heteroatoms.